The smallest absolute Gasteiger partial charge is 0.282 e. The average molecular weight is 1120 g/mol. The van der Waals surface area contributed by atoms with Crippen LogP contribution in [0.25, 0.3) is 0 Å². The number of hydrogen-bond donors (Lipinski definition) is 1. The largest absolute Gasteiger partial charge is 0.425 e. The Labute approximate surface area is 434 Å². The molecule has 10 nitrogen and oxygen atoms in total. The monoisotopic (exact) mass is 1120 g/mol. The number of aryl methyl sites for hydroxylation is 1. The Morgan fingerprint density at radius 2 is 0.600 bits per heavy atom. The van der Waals surface area contributed by atoms with E-state index in [0.29, 0.717) is 4.90 Å². The minimum atomic E-state index is -4.75. The highest BCUT2D eigenvalue weighted by molar-refractivity contribution is 8.01. The van der Waals surface area contributed by atoms with E-state index in [2.05, 4.69) is 54.8 Å². The lowest BCUT2D eigenvalue weighted by Gasteiger charge is -2.11. The molecule has 0 atom stereocenters. The number of benzene rings is 8. The predicted octanol–water partition coefficient (Wildman–Crippen LogP) is 13.4. The van der Waals surface area contributed by atoms with Crippen LogP contribution in [0.1, 0.15) is 5.56 Å². The second-order valence-electron chi connectivity index (χ2n) is 14.7. The molecular weight excluding hydrogens is 1080 g/mol. The summed E-state index contributed by atoms with van der Waals surface area (Å²) in [4.78, 5) is 10.0. The summed E-state index contributed by atoms with van der Waals surface area (Å²) in [7, 11) is -15.6. The summed E-state index contributed by atoms with van der Waals surface area (Å²) >= 11 is 9.18. The number of hydrogen-bond acceptors (Lipinski definition) is 15. The zero-order valence-electron chi connectivity index (χ0n) is 36.6. The third kappa shape index (κ3) is 14.5. The summed E-state index contributed by atoms with van der Waals surface area (Å²) in [6.45, 7) is 1.83. The zero-order valence-corrected chi connectivity index (χ0v) is 44.8. The molecule has 0 amide bonds. The zero-order chi connectivity index (χ0) is 50.1. The van der Waals surface area contributed by atoms with E-state index in [4.69, 9.17) is 12.6 Å². The van der Waals surface area contributed by atoms with Gasteiger partial charge in [0.05, 0.1) is 19.6 Å². The van der Waals surface area contributed by atoms with Gasteiger partial charge in [0.15, 0.2) is 0 Å². The molecule has 20 heteroatoms. The maximum Gasteiger partial charge on any atom is 0.425 e. The summed E-state index contributed by atoms with van der Waals surface area (Å²) < 4.78 is 114. The summed E-state index contributed by atoms with van der Waals surface area (Å²) in [5.41, 5.74) is 0.879. The highest BCUT2D eigenvalue weighted by Gasteiger charge is 2.24. The van der Waals surface area contributed by atoms with Crippen molar-refractivity contribution in [2.75, 3.05) is 6.26 Å². The van der Waals surface area contributed by atoms with Crippen LogP contribution in [-0.4, -0.2) is 48.7 Å². The van der Waals surface area contributed by atoms with Crippen molar-refractivity contribution in [1.82, 2.24) is 0 Å². The molecule has 0 radical (unpaired) electrons. The van der Waals surface area contributed by atoms with Crippen LogP contribution in [0.5, 0.6) is 0 Å². The van der Waals surface area contributed by atoms with Gasteiger partial charge in [-0.15, -0.1) is 24.4 Å². The second kappa shape index (κ2) is 23.7. The average Bonchev–Trinajstić information content (AvgIpc) is 3.34. The van der Waals surface area contributed by atoms with Crippen molar-refractivity contribution in [1.29, 1.82) is 0 Å². The Balaban J connectivity index is 0.00000174. The van der Waals surface area contributed by atoms with Gasteiger partial charge in [0.2, 0.25) is 19.7 Å². The van der Waals surface area contributed by atoms with Crippen molar-refractivity contribution in [2.24, 2.45) is 0 Å². The van der Waals surface area contributed by atoms with E-state index in [-0.39, 0.29) is 24.5 Å². The van der Waals surface area contributed by atoms with E-state index in [0.717, 1.165) is 57.7 Å². The van der Waals surface area contributed by atoms with Crippen molar-refractivity contribution in [2.45, 2.75) is 85.3 Å². The Morgan fingerprint density at radius 3 is 0.900 bits per heavy atom. The normalized spacial score (nSPS) is 11.6. The highest BCUT2D eigenvalue weighted by Crippen LogP contribution is 2.39. The first-order valence-electron chi connectivity index (χ1n) is 20.3. The number of thioether (sulfide) groups is 1. The summed E-state index contributed by atoms with van der Waals surface area (Å²) in [5, 5.41) is 0. The molecule has 0 aromatic heterocycles. The molecule has 8 aromatic rings. The molecule has 358 valence electrons. The molecule has 0 saturated heterocycles. The molecule has 70 heavy (non-hydrogen) atoms. The molecule has 0 aliphatic carbocycles. The van der Waals surface area contributed by atoms with Crippen molar-refractivity contribution >= 4 is 111 Å². The van der Waals surface area contributed by atoms with Gasteiger partial charge in [-0.1, -0.05) is 76.5 Å². The van der Waals surface area contributed by atoms with Crippen molar-refractivity contribution in [3.05, 3.63) is 194 Å². The number of sulfone groups is 2. The summed E-state index contributed by atoms with van der Waals surface area (Å²) in [6.07, 6.45) is 2.07. The fourth-order valence-electron chi connectivity index (χ4n) is 6.35. The van der Waals surface area contributed by atoms with Crippen molar-refractivity contribution in [3.63, 3.8) is 0 Å². The van der Waals surface area contributed by atoms with Gasteiger partial charge < -0.3 is 0 Å². The molecule has 1 N–H and O–H groups in total. The standard InChI is InChI=1S/C50H38O7S9.O3S/c1-34-3-25-45(26-4-34)65(53,54)48-31-32-49(50(33-48)66(55,56)57)63-44-19-17-41(18-20-44)60-38-11-15-40(16-12-38)62-43-23-29-47(30-24-43)64(51,52)46-27-21-42(22-28-46)61-39-13-9-37(10-14-39)59-36-7-5-35(58-2)6-8-36;1-4(2)3/h3-33H,1-2H3,(H,55,56,57);. The Kier molecular flexibility index (Phi) is 18.0. The van der Waals surface area contributed by atoms with Crippen LogP contribution in [0.3, 0.4) is 0 Å². The Morgan fingerprint density at radius 1 is 0.357 bits per heavy atom. The van der Waals surface area contributed by atoms with Crippen LogP contribution in [-0.2, 0) is 40.4 Å². The quantitative estimate of drug-likeness (QED) is 0.0714. The van der Waals surface area contributed by atoms with E-state index < -0.39 is 45.3 Å². The molecular formula is C50H38O10S10. The molecule has 0 spiro atoms. The first-order chi connectivity index (χ1) is 33.3. The van der Waals surface area contributed by atoms with Crippen LogP contribution in [0.2, 0.25) is 0 Å². The molecule has 0 unspecified atom stereocenters. The minimum absolute atomic E-state index is 0.0205. The van der Waals surface area contributed by atoms with Gasteiger partial charge in [-0.05, 0) is 189 Å². The summed E-state index contributed by atoms with van der Waals surface area (Å²) in [6, 6.07) is 56.2. The van der Waals surface area contributed by atoms with Crippen LogP contribution in [0.4, 0.5) is 0 Å². The molecule has 8 aromatic carbocycles. The number of rotatable bonds is 16. The van der Waals surface area contributed by atoms with Crippen molar-refractivity contribution < 1.29 is 42.4 Å². The molecule has 0 aliphatic rings. The molecule has 0 saturated carbocycles. The second-order valence-corrected chi connectivity index (χ2v) is 26.9. The van der Waals surface area contributed by atoms with Gasteiger partial charge in [-0.3, -0.25) is 4.55 Å². The van der Waals surface area contributed by atoms with Gasteiger partial charge in [-0.25, -0.2) is 16.8 Å². The van der Waals surface area contributed by atoms with Crippen LogP contribution in [0.15, 0.2) is 266 Å². The van der Waals surface area contributed by atoms with Gasteiger partial charge >= 0.3 is 10.6 Å². The maximum absolute atomic E-state index is 13.6. The predicted molar refractivity (Wildman–Crippen MR) is 279 cm³/mol. The van der Waals surface area contributed by atoms with E-state index >= 15 is 0 Å². The van der Waals surface area contributed by atoms with Crippen molar-refractivity contribution in [3.8, 4) is 0 Å². The molecule has 8 rings (SSSR count). The summed E-state index contributed by atoms with van der Waals surface area (Å²) in [5.74, 6) is 0. The van der Waals surface area contributed by atoms with Gasteiger partial charge in [0.1, 0.15) is 4.90 Å². The lowest BCUT2D eigenvalue weighted by Crippen LogP contribution is -2.06. The first-order valence-corrected chi connectivity index (χ1v) is 31.1. The van der Waals surface area contributed by atoms with Crippen LogP contribution >= 0.6 is 70.6 Å². The Hall–Kier alpha value is -4.71. The fraction of sp³-hybridized carbons (Fsp3) is 0.0400. The van der Waals surface area contributed by atoms with E-state index in [1.807, 2.05) is 79.7 Å². The van der Waals surface area contributed by atoms with E-state index in [9.17, 15) is 29.8 Å². The van der Waals surface area contributed by atoms with Gasteiger partial charge in [-0.2, -0.15) is 8.42 Å². The lowest BCUT2D eigenvalue weighted by molar-refractivity contribution is 0.480. The van der Waals surface area contributed by atoms with Crippen LogP contribution in [0, 0.1) is 6.92 Å². The fourth-order valence-corrected chi connectivity index (χ4v) is 14.5. The Bertz CT molecular complexity index is 3550. The molecule has 0 fully saturated rings. The van der Waals surface area contributed by atoms with Crippen LogP contribution < -0.4 is 0 Å². The van der Waals surface area contributed by atoms with Gasteiger partial charge in [0, 0.05) is 53.9 Å². The molecule has 0 aliphatic heterocycles. The third-order valence-electron chi connectivity index (χ3n) is 9.80. The highest BCUT2D eigenvalue weighted by atomic mass is 32.2. The first kappa shape index (κ1) is 53.1. The molecule has 0 bridgehead atoms. The lowest BCUT2D eigenvalue weighted by atomic mass is 10.2. The SMILES string of the molecule is CSc1ccc(Sc2ccc(Sc3ccc(S(=O)(=O)c4ccc(Sc5ccc(Sc6ccc(Sc7ccc(S(=O)(=O)c8ccc(C)cc8)cc7S(=O)(=O)O)cc6)cc5)cc4)cc3)cc2)cc1.O=S(=O)=O. The maximum atomic E-state index is 13.6. The van der Waals surface area contributed by atoms with Gasteiger partial charge in [0.25, 0.3) is 10.1 Å². The molecule has 0 heterocycles. The third-order valence-corrected chi connectivity index (χ3v) is 20.3. The topological polar surface area (TPSA) is 174 Å². The van der Waals surface area contributed by atoms with E-state index in [1.54, 1.807) is 83.4 Å². The van der Waals surface area contributed by atoms with E-state index in [1.165, 1.54) is 45.8 Å². The minimum Gasteiger partial charge on any atom is -0.282 e.